The Bertz CT molecular complexity index is 637. The zero-order valence-corrected chi connectivity index (χ0v) is 16.3. The third kappa shape index (κ3) is 5.11. The van der Waals surface area contributed by atoms with E-state index in [1.54, 1.807) is 7.05 Å². The Hall–Kier alpha value is -1.39. The summed E-state index contributed by atoms with van der Waals surface area (Å²) in [6.45, 7) is 4.66. The van der Waals surface area contributed by atoms with E-state index in [0.717, 1.165) is 62.4 Å². The number of hydrogen-bond donors (Lipinski definition) is 2. The molecule has 2 aliphatic rings. The maximum atomic E-state index is 12.7. The van der Waals surface area contributed by atoms with Crippen LogP contribution in [0.5, 0.6) is 0 Å². The molecule has 152 valence electrons. The van der Waals surface area contributed by atoms with E-state index in [4.69, 9.17) is 4.74 Å². The van der Waals surface area contributed by atoms with Gasteiger partial charge in [0.2, 0.25) is 0 Å². The molecule has 6 nitrogen and oxygen atoms in total. The summed E-state index contributed by atoms with van der Waals surface area (Å²) in [5, 5.41) is 7.85. The number of nitrogens with zero attached hydrogens (tertiary/aromatic N) is 3. The largest absolute Gasteiger partial charge is 0.434 e. The molecule has 0 amide bonds. The molecule has 27 heavy (non-hydrogen) atoms. The van der Waals surface area contributed by atoms with Gasteiger partial charge >= 0.3 is 6.18 Å². The van der Waals surface area contributed by atoms with Crippen molar-refractivity contribution in [3.63, 3.8) is 0 Å². The van der Waals surface area contributed by atoms with E-state index >= 15 is 0 Å². The molecule has 0 aliphatic carbocycles. The second-order valence-electron chi connectivity index (χ2n) is 6.93. The molecular formula is C17H26F3N5OS. The van der Waals surface area contributed by atoms with Gasteiger partial charge in [-0.3, -0.25) is 9.89 Å². The van der Waals surface area contributed by atoms with Crippen molar-refractivity contribution in [1.82, 2.24) is 20.5 Å². The lowest BCUT2D eigenvalue weighted by Gasteiger charge is -2.45. The number of likely N-dealkylation sites (tertiary alicyclic amines) is 1. The van der Waals surface area contributed by atoms with Crippen molar-refractivity contribution in [2.75, 3.05) is 39.9 Å². The first-order valence-corrected chi connectivity index (χ1v) is 10.1. The Morgan fingerprint density at radius 3 is 2.59 bits per heavy atom. The maximum absolute atomic E-state index is 12.7. The molecule has 0 aromatic carbocycles. The van der Waals surface area contributed by atoms with Crippen molar-refractivity contribution in [2.24, 2.45) is 4.99 Å². The van der Waals surface area contributed by atoms with Crippen molar-refractivity contribution < 1.29 is 17.9 Å². The zero-order chi connectivity index (χ0) is 19.3. The minimum absolute atomic E-state index is 0.0526. The minimum atomic E-state index is -4.40. The Morgan fingerprint density at radius 2 is 2.00 bits per heavy atom. The van der Waals surface area contributed by atoms with Gasteiger partial charge < -0.3 is 15.4 Å². The number of aromatic nitrogens is 1. The Kier molecular flexibility index (Phi) is 6.59. The van der Waals surface area contributed by atoms with Crippen molar-refractivity contribution in [3.05, 3.63) is 16.1 Å². The van der Waals surface area contributed by atoms with Gasteiger partial charge in [-0.2, -0.15) is 13.2 Å². The molecule has 2 aliphatic heterocycles. The molecule has 1 aromatic rings. The van der Waals surface area contributed by atoms with Crippen LogP contribution in [-0.2, 0) is 17.5 Å². The molecule has 0 atom stereocenters. The van der Waals surface area contributed by atoms with Crippen molar-refractivity contribution in [3.8, 4) is 0 Å². The standard InChI is InChI=1S/C17H26F3N5OS/c1-21-15(22-10-14-24-13(11-27-14)17(18,19)20)23-12-16(4-8-26-9-5-16)25-6-2-3-7-25/h11H,2-10,12H2,1H3,(H2,21,22,23). The first kappa shape index (κ1) is 20.3. The summed E-state index contributed by atoms with van der Waals surface area (Å²) < 4.78 is 43.5. The molecule has 0 saturated carbocycles. The summed E-state index contributed by atoms with van der Waals surface area (Å²) in [7, 11) is 1.66. The van der Waals surface area contributed by atoms with Crippen LogP contribution in [0.1, 0.15) is 36.4 Å². The molecule has 0 bridgehead atoms. The fraction of sp³-hybridized carbons (Fsp3) is 0.765. The summed E-state index contributed by atoms with van der Waals surface area (Å²) in [4.78, 5) is 10.4. The number of rotatable bonds is 5. The topological polar surface area (TPSA) is 61.8 Å². The van der Waals surface area contributed by atoms with Gasteiger partial charge in [-0.15, -0.1) is 11.3 Å². The van der Waals surface area contributed by atoms with E-state index in [0.29, 0.717) is 11.0 Å². The molecule has 3 rings (SSSR count). The average molecular weight is 405 g/mol. The van der Waals surface area contributed by atoms with Crippen LogP contribution >= 0.6 is 11.3 Å². The van der Waals surface area contributed by atoms with Crippen LogP contribution in [0, 0.1) is 0 Å². The average Bonchev–Trinajstić information content (AvgIpc) is 3.34. The van der Waals surface area contributed by atoms with E-state index in [2.05, 4.69) is 25.5 Å². The monoisotopic (exact) mass is 405 g/mol. The van der Waals surface area contributed by atoms with Crippen LogP contribution in [0.15, 0.2) is 10.4 Å². The first-order chi connectivity index (χ1) is 12.9. The molecule has 0 spiro atoms. The Morgan fingerprint density at radius 1 is 1.30 bits per heavy atom. The normalized spacial score (nSPS) is 21.4. The van der Waals surface area contributed by atoms with Gasteiger partial charge in [0.25, 0.3) is 0 Å². The third-order valence-corrected chi connectivity index (χ3v) is 6.11. The predicted octanol–water partition coefficient (Wildman–Crippen LogP) is 2.47. The lowest BCUT2D eigenvalue weighted by Crippen LogP contribution is -2.58. The highest BCUT2D eigenvalue weighted by molar-refractivity contribution is 7.09. The molecule has 2 fully saturated rings. The van der Waals surface area contributed by atoms with Gasteiger partial charge in [-0.1, -0.05) is 0 Å². The number of guanidine groups is 1. The van der Waals surface area contributed by atoms with Gasteiger partial charge in [0.1, 0.15) is 5.01 Å². The van der Waals surface area contributed by atoms with E-state index in [-0.39, 0.29) is 12.1 Å². The lowest BCUT2D eigenvalue weighted by atomic mass is 9.88. The van der Waals surface area contributed by atoms with Gasteiger partial charge in [0, 0.05) is 37.7 Å². The molecular weight excluding hydrogens is 379 g/mol. The lowest BCUT2D eigenvalue weighted by molar-refractivity contribution is -0.140. The van der Waals surface area contributed by atoms with Crippen molar-refractivity contribution in [1.29, 1.82) is 0 Å². The maximum Gasteiger partial charge on any atom is 0.434 e. The summed E-state index contributed by atoms with van der Waals surface area (Å²) in [6, 6.07) is 0. The van der Waals surface area contributed by atoms with Gasteiger partial charge in [-0.05, 0) is 38.8 Å². The summed E-state index contributed by atoms with van der Waals surface area (Å²) >= 11 is 0.994. The SMILES string of the molecule is CN=C(NCc1nc(C(F)(F)F)cs1)NCC1(N2CCCC2)CCOCC1. The van der Waals surface area contributed by atoms with Crippen LogP contribution in [-0.4, -0.2) is 61.3 Å². The van der Waals surface area contributed by atoms with Crippen LogP contribution in [0.25, 0.3) is 0 Å². The highest BCUT2D eigenvalue weighted by Gasteiger charge is 2.39. The quantitative estimate of drug-likeness (QED) is 0.582. The third-order valence-electron chi connectivity index (χ3n) is 5.26. The van der Waals surface area contributed by atoms with Crippen LogP contribution < -0.4 is 10.6 Å². The molecule has 0 radical (unpaired) electrons. The number of thiazole rings is 1. The van der Waals surface area contributed by atoms with Crippen molar-refractivity contribution >= 4 is 17.3 Å². The van der Waals surface area contributed by atoms with Crippen LogP contribution in [0.4, 0.5) is 13.2 Å². The van der Waals surface area contributed by atoms with Gasteiger partial charge in [0.05, 0.1) is 6.54 Å². The molecule has 10 heteroatoms. The molecule has 2 N–H and O–H groups in total. The minimum Gasteiger partial charge on any atom is -0.381 e. The number of nitrogens with one attached hydrogen (secondary N) is 2. The zero-order valence-electron chi connectivity index (χ0n) is 15.4. The smallest absolute Gasteiger partial charge is 0.381 e. The van der Waals surface area contributed by atoms with Gasteiger partial charge in [-0.25, -0.2) is 4.98 Å². The molecule has 1 aromatic heterocycles. The highest BCUT2D eigenvalue weighted by Crippen LogP contribution is 2.31. The van der Waals surface area contributed by atoms with Crippen LogP contribution in [0.3, 0.4) is 0 Å². The fourth-order valence-corrected chi connectivity index (χ4v) is 4.44. The second kappa shape index (κ2) is 8.74. The summed E-state index contributed by atoms with van der Waals surface area (Å²) in [6.07, 6.45) is -0.0149. The predicted molar refractivity (Wildman–Crippen MR) is 98.9 cm³/mol. The summed E-state index contributed by atoms with van der Waals surface area (Å²) in [5.41, 5.74) is -0.792. The van der Waals surface area contributed by atoms with Gasteiger partial charge in [0.15, 0.2) is 11.7 Å². The van der Waals surface area contributed by atoms with Crippen LogP contribution in [0.2, 0.25) is 0 Å². The molecule has 2 saturated heterocycles. The number of hydrogen-bond acceptors (Lipinski definition) is 5. The van der Waals surface area contributed by atoms with E-state index < -0.39 is 11.9 Å². The number of aliphatic imine (C=N–C) groups is 1. The molecule has 3 heterocycles. The second-order valence-corrected chi connectivity index (χ2v) is 7.88. The van der Waals surface area contributed by atoms with E-state index in [9.17, 15) is 13.2 Å². The summed E-state index contributed by atoms with van der Waals surface area (Å²) in [5.74, 6) is 0.573. The molecule has 0 unspecified atom stereocenters. The van der Waals surface area contributed by atoms with Crippen molar-refractivity contribution in [2.45, 2.75) is 43.9 Å². The first-order valence-electron chi connectivity index (χ1n) is 9.22. The number of halogens is 3. The fourth-order valence-electron chi connectivity index (χ4n) is 3.70. The number of alkyl halides is 3. The Labute approximate surface area is 161 Å². The Balaban J connectivity index is 1.55. The van der Waals surface area contributed by atoms with E-state index in [1.807, 2.05) is 0 Å². The number of ether oxygens (including phenoxy) is 1. The van der Waals surface area contributed by atoms with E-state index in [1.165, 1.54) is 12.8 Å². The highest BCUT2D eigenvalue weighted by atomic mass is 32.1.